The monoisotopic (exact) mass is 184 g/mol. The lowest BCUT2D eigenvalue weighted by atomic mass is 10.1. The zero-order valence-electron chi connectivity index (χ0n) is 7.36. The van der Waals surface area contributed by atoms with Crippen molar-refractivity contribution >= 4 is 11.8 Å². The van der Waals surface area contributed by atoms with Crippen molar-refractivity contribution in [2.24, 2.45) is 0 Å². The largest absolute Gasteiger partial charge is 0.391 e. The number of fused-ring (bicyclic) bond motifs is 1. The van der Waals surface area contributed by atoms with Crippen LogP contribution < -0.4 is 5.32 Å². The van der Waals surface area contributed by atoms with Crippen LogP contribution in [0, 0.1) is 0 Å². The summed E-state index contributed by atoms with van der Waals surface area (Å²) in [7, 11) is 0. The number of nitrogens with one attached hydrogen (secondary N) is 1. The maximum atomic E-state index is 11.5. The molecule has 3 atom stereocenters. The molecule has 0 radical (unpaired) electrons. The molecule has 2 aliphatic rings. The quantitative estimate of drug-likeness (QED) is 0.479. The second-order valence-electron chi connectivity index (χ2n) is 3.63. The van der Waals surface area contributed by atoms with Gasteiger partial charge in [-0.2, -0.15) is 0 Å². The van der Waals surface area contributed by atoms with E-state index in [1.807, 2.05) is 0 Å². The summed E-state index contributed by atoms with van der Waals surface area (Å²) in [5.74, 6) is -0.246. The third kappa shape index (κ3) is 1.19. The van der Waals surface area contributed by atoms with Crippen LogP contribution in [-0.4, -0.2) is 46.6 Å². The van der Waals surface area contributed by atoms with Gasteiger partial charge in [0.05, 0.1) is 6.10 Å². The van der Waals surface area contributed by atoms with E-state index in [1.54, 1.807) is 6.92 Å². The van der Waals surface area contributed by atoms with Crippen molar-refractivity contribution in [3.63, 3.8) is 0 Å². The zero-order chi connectivity index (χ0) is 9.59. The Kier molecular flexibility index (Phi) is 1.76. The number of carbonyl (C=O) groups is 2. The van der Waals surface area contributed by atoms with Crippen LogP contribution in [0.2, 0.25) is 0 Å². The molecule has 0 unspecified atom stereocenters. The standard InChI is InChI=1S/C8H12N2O3/c1-4-8(13)10-3-5(11)2-6(10)7(12)9-4/h4-6,11H,2-3H2,1H3,(H,9,12)/t4-,5+,6-/m1/s1. The van der Waals surface area contributed by atoms with Gasteiger partial charge in [0.15, 0.2) is 0 Å². The molecule has 0 saturated carbocycles. The molecule has 2 heterocycles. The minimum Gasteiger partial charge on any atom is -0.391 e. The van der Waals surface area contributed by atoms with Crippen LogP contribution in [-0.2, 0) is 9.59 Å². The van der Waals surface area contributed by atoms with Gasteiger partial charge in [0.2, 0.25) is 11.8 Å². The molecule has 0 aromatic carbocycles. The summed E-state index contributed by atoms with van der Waals surface area (Å²) in [5.41, 5.74) is 0. The average molecular weight is 184 g/mol. The summed E-state index contributed by atoms with van der Waals surface area (Å²) in [6, 6.07) is -0.896. The van der Waals surface area contributed by atoms with Gasteiger partial charge >= 0.3 is 0 Å². The van der Waals surface area contributed by atoms with Crippen molar-refractivity contribution in [1.29, 1.82) is 0 Å². The fourth-order valence-electron chi connectivity index (χ4n) is 1.93. The highest BCUT2D eigenvalue weighted by Gasteiger charge is 2.44. The molecule has 2 rings (SSSR count). The molecule has 0 spiro atoms. The van der Waals surface area contributed by atoms with Gasteiger partial charge in [0, 0.05) is 13.0 Å². The van der Waals surface area contributed by atoms with Crippen LogP contribution in [0.1, 0.15) is 13.3 Å². The molecule has 0 aliphatic carbocycles. The Labute approximate surface area is 75.7 Å². The molecule has 2 aliphatic heterocycles. The third-order valence-corrected chi connectivity index (χ3v) is 2.59. The summed E-state index contributed by atoms with van der Waals surface area (Å²) in [6.45, 7) is 1.95. The predicted molar refractivity (Wildman–Crippen MR) is 43.7 cm³/mol. The number of amides is 2. The minimum absolute atomic E-state index is 0.0962. The summed E-state index contributed by atoms with van der Waals surface area (Å²) in [6.07, 6.45) is -0.186. The molecule has 2 saturated heterocycles. The molecule has 0 aromatic rings. The van der Waals surface area contributed by atoms with E-state index in [9.17, 15) is 14.7 Å². The molecule has 5 heteroatoms. The van der Waals surface area contributed by atoms with Crippen LogP contribution in [0.3, 0.4) is 0 Å². The van der Waals surface area contributed by atoms with Crippen LogP contribution in [0.5, 0.6) is 0 Å². The van der Waals surface area contributed by atoms with Crippen LogP contribution in [0.4, 0.5) is 0 Å². The lowest BCUT2D eigenvalue weighted by molar-refractivity contribution is -0.146. The van der Waals surface area contributed by atoms with E-state index in [0.29, 0.717) is 13.0 Å². The normalized spacial score (nSPS) is 38.9. The topological polar surface area (TPSA) is 69.6 Å². The Morgan fingerprint density at radius 1 is 1.54 bits per heavy atom. The Hall–Kier alpha value is -1.10. The maximum absolute atomic E-state index is 11.5. The van der Waals surface area contributed by atoms with Gasteiger partial charge < -0.3 is 15.3 Å². The van der Waals surface area contributed by atoms with Crippen LogP contribution in [0.25, 0.3) is 0 Å². The number of aliphatic hydroxyl groups is 1. The molecule has 2 amide bonds. The van der Waals surface area contributed by atoms with Gasteiger partial charge in [-0.15, -0.1) is 0 Å². The lowest BCUT2D eigenvalue weighted by Gasteiger charge is -2.32. The second-order valence-corrected chi connectivity index (χ2v) is 3.63. The third-order valence-electron chi connectivity index (χ3n) is 2.59. The van der Waals surface area contributed by atoms with Crippen molar-refractivity contribution < 1.29 is 14.7 Å². The summed E-state index contributed by atoms with van der Waals surface area (Å²) < 4.78 is 0. The Bertz CT molecular complexity index is 266. The summed E-state index contributed by atoms with van der Waals surface area (Å²) >= 11 is 0. The van der Waals surface area contributed by atoms with Crippen molar-refractivity contribution in [1.82, 2.24) is 10.2 Å². The van der Waals surface area contributed by atoms with Gasteiger partial charge in [-0.3, -0.25) is 9.59 Å². The van der Waals surface area contributed by atoms with E-state index in [-0.39, 0.29) is 11.8 Å². The van der Waals surface area contributed by atoms with Crippen molar-refractivity contribution in [2.75, 3.05) is 6.54 Å². The zero-order valence-corrected chi connectivity index (χ0v) is 7.36. The number of hydrogen-bond donors (Lipinski definition) is 2. The van der Waals surface area contributed by atoms with Gasteiger partial charge in [-0.1, -0.05) is 0 Å². The molecule has 5 nitrogen and oxygen atoms in total. The first-order valence-electron chi connectivity index (χ1n) is 4.38. The first-order chi connectivity index (χ1) is 6.09. The maximum Gasteiger partial charge on any atom is 0.245 e. The highest BCUT2D eigenvalue weighted by Crippen LogP contribution is 2.22. The number of hydrogen-bond acceptors (Lipinski definition) is 3. The Morgan fingerprint density at radius 2 is 2.23 bits per heavy atom. The minimum atomic E-state index is -0.551. The van der Waals surface area contributed by atoms with Gasteiger partial charge in [0.1, 0.15) is 12.1 Å². The molecule has 2 N–H and O–H groups in total. The van der Waals surface area contributed by atoms with E-state index < -0.39 is 18.2 Å². The molecule has 0 aromatic heterocycles. The SMILES string of the molecule is C[C@H]1NC(=O)[C@H]2C[C@H](O)CN2C1=O. The van der Waals surface area contributed by atoms with Crippen LogP contribution >= 0.6 is 0 Å². The predicted octanol–water partition coefficient (Wildman–Crippen LogP) is -1.53. The van der Waals surface area contributed by atoms with Crippen molar-refractivity contribution in [3.05, 3.63) is 0 Å². The van der Waals surface area contributed by atoms with E-state index in [4.69, 9.17) is 0 Å². The molecular formula is C8H12N2O3. The smallest absolute Gasteiger partial charge is 0.245 e. The Balaban J connectivity index is 2.23. The first-order valence-corrected chi connectivity index (χ1v) is 4.38. The van der Waals surface area contributed by atoms with Gasteiger partial charge in [-0.25, -0.2) is 0 Å². The second kappa shape index (κ2) is 2.70. The molecule has 0 bridgehead atoms. The average Bonchev–Trinajstić information content (AvgIpc) is 2.44. The first kappa shape index (κ1) is 8.50. The number of piperazine rings is 1. The lowest BCUT2D eigenvalue weighted by Crippen LogP contribution is -2.59. The van der Waals surface area contributed by atoms with Gasteiger partial charge in [-0.05, 0) is 6.92 Å². The summed E-state index contributed by atoms with van der Waals surface area (Å²) in [4.78, 5) is 24.3. The van der Waals surface area contributed by atoms with E-state index in [2.05, 4.69) is 5.32 Å². The number of rotatable bonds is 0. The van der Waals surface area contributed by atoms with Gasteiger partial charge in [0.25, 0.3) is 0 Å². The van der Waals surface area contributed by atoms with Crippen LogP contribution in [0.15, 0.2) is 0 Å². The van der Waals surface area contributed by atoms with E-state index in [1.165, 1.54) is 4.90 Å². The fourth-order valence-corrected chi connectivity index (χ4v) is 1.93. The molecular weight excluding hydrogens is 172 g/mol. The van der Waals surface area contributed by atoms with Crippen molar-refractivity contribution in [3.8, 4) is 0 Å². The number of carbonyl (C=O) groups excluding carboxylic acids is 2. The fraction of sp³-hybridized carbons (Fsp3) is 0.750. The molecule has 13 heavy (non-hydrogen) atoms. The van der Waals surface area contributed by atoms with Crippen molar-refractivity contribution in [2.45, 2.75) is 31.5 Å². The highest BCUT2D eigenvalue weighted by atomic mass is 16.3. The van der Waals surface area contributed by atoms with E-state index >= 15 is 0 Å². The Morgan fingerprint density at radius 3 is 2.92 bits per heavy atom. The van der Waals surface area contributed by atoms with E-state index in [0.717, 1.165) is 0 Å². The number of aliphatic hydroxyl groups excluding tert-OH is 1. The summed E-state index contributed by atoms with van der Waals surface area (Å²) in [5, 5.41) is 11.9. The number of nitrogens with zero attached hydrogens (tertiary/aromatic N) is 1. The molecule has 72 valence electrons. The highest BCUT2D eigenvalue weighted by molar-refractivity contribution is 5.97. The molecule has 2 fully saturated rings.